The number of nitrogens with one attached hydrogen (secondary N) is 1. The molecule has 0 aromatic carbocycles. The summed E-state index contributed by atoms with van der Waals surface area (Å²) in [6.45, 7) is 4.49. The summed E-state index contributed by atoms with van der Waals surface area (Å²) < 4.78 is 6.97. The van der Waals surface area contributed by atoms with Crippen LogP contribution in [0.2, 0.25) is 0 Å². The third-order valence-electron chi connectivity index (χ3n) is 3.90. The standard InChI is InChI=1S/C15H25N5O2.HI/c1-4-22-14(21)12-6-5-9-20(11-12)15(16-2)17-10-13-7-8-18-19(13)3;/h7-8,12H,4-6,9-11H2,1-3H3,(H,16,17);1H. The number of rotatable bonds is 4. The Morgan fingerprint density at radius 1 is 1.57 bits per heavy atom. The molecule has 0 spiro atoms. The maximum Gasteiger partial charge on any atom is 0.310 e. The molecule has 1 aliphatic heterocycles. The Labute approximate surface area is 154 Å². The molecular formula is C15H26IN5O2. The molecule has 0 amide bonds. The van der Waals surface area contributed by atoms with Crippen molar-refractivity contribution in [1.29, 1.82) is 0 Å². The van der Waals surface area contributed by atoms with Crippen molar-refractivity contribution in [2.45, 2.75) is 26.3 Å². The molecule has 7 nitrogen and oxygen atoms in total. The van der Waals surface area contributed by atoms with Gasteiger partial charge in [0.05, 0.1) is 24.8 Å². The maximum atomic E-state index is 11.9. The van der Waals surface area contributed by atoms with Crippen LogP contribution in [0.5, 0.6) is 0 Å². The van der Waals surface area contributed by atoms with E-state index in [2.05, 4.69) is 20.3 Å². The Balaban J connectivity index is 0.00000264. The molecule has 1 saturated heterocycles. The van der Waals surface area contributed by atoms with Crippen molar-refractivity contribution < 1.29 is 9.53 Å². The lowest BCUT2D eigenvalue weighted by atomic mass is 9.98. The van der Waals surface area contributed by atoms with E-state index in [0.717, 1.165) is 31.0 Å². The van der Waals surface area contributed by atoms with E-state index in [1.54, 1.807) is 13.2 Å². The van der Waals surface area contributed by atoms with E-state index in [0.29, 0.717) is 19.7 Å². The minimum Gasteiger partial charge on any atom is -0.466 e. The Morgan fingerprint density at radius 2 is 2.35 bits per heavy atom. The quantitative estimate of drug-likeness (QED) is 0.335. The zero-order valence-corrected chi connectivity index (χ0v) is 16.3. The van der Waals surface area contributed by atoms with Crippen molar-refractivity contribution in [2.24, 2.45) is 18.0 Å². The first kappa shape index (κ1) is 19.7. The number of aryl methyl sites for hydroxylation is 1. The summed E-state index contributed by atoms with van der Waals surface area (Å²) in [5, 5.41) is 7.49. The van der Waals surface area contributed by atoms with E-state index in [1.165, 1.54) is 0 Å². The first-order chi connectivity index (χ1) is 10.7. The monoisotopic (exact) mass is 435 g/mol. The summed E-state index contributed by atoms with van der Waals surface area (Å²) in [4.78, 5) is 18.4. The molecule has 1 fully saturated rings. The van der Waals surface area contributed by atoms with Crippen molar-refractivity contribution in [3.8, 4) is 0 Å². The lowest BCUT2D eigenvalue weighted by Crippen LogP contribution is -2.48. The van der Waals surface area contributed by atoms with Gasteiger partial charge in [-0.15, -0.1) is 24.0 Å². The number of piperidine rings is 1. The molecule has 23 heavy (non-hydrogen) atoms. The second-order valence-corrected chi connectivity index (χ2v) is 5.38. The fraction of sp³-hybridized carbons (Fsp3) is 0.667. The van der Waals surface area contributed by atoms with Crippen LogP contribution in [0.25, 0.3) is 0 Å². The van der Waals surface area contributed by atoms with Gasteiger partial charge in [0.2, 0.25) is 0 Å². The van der Waals surface area contributed by atoms with Gasteiger partial charge in [0.25, 0.3) is 0 Å². The molecule has 1 N–H and O–H groups in total. The maximum absolute atomic E-state index is 11.9. The number of guanidine groups is 1. The normalized spacial score (nSPS) is 18.3. The van der Waals surface area contributed by atoms with E-state index in [-0.39, 0.29) is 35.9 Å². The lowest BCUT2D eigenvalue weighted by Gasteiger charge is -2.33. The zero-order valence-electron chi connectivity index (χ0n) is 14.0. The highest BCUT2D eigenvalue weighted by Crippen LogP contribution is 2.18. The highest BCUT2D eigenvalue weighted by molar-refractivity contribution is 14.0. The van der Waals surface area contributed by atoms with Gasteiger partial charge in [0.15, 0.2) is 5.96 Å². The summed E-state index contributed by atoms with van der Waals surface area (Å²) >= 11 is 0. The molecule has 1 aromatic heterocycles. The molecule has 0 bridgehead atoms. The highest BCUT2D eigenvalue weighted by Gasteiger charge is 2.28. The van der Waals surface area contributed by atoms with E-state index in [4.69, 9.17) is 4.74 Å². The Hall–Kier alpha value is -1.32. The van der Waals surface area contributed by atoms with Crippen LogP contribution in [0.4, 0.5) is 0 Å². The Bertz CT molecular complexity index is 532. The van der Waals surface area contributed by atoms with Crippen LogP contribution in [0.1, 0.15) is 25.5 Å². The number of hydrogen-bond acceptors (Lipinski definition) is 4. The SMILES string of the molecule is CCOC(=O)C1CCCN(C(=NC)NCc2ccnn2C)C1.I. The topological polar surface area (TPSA) is 71.8 Å². The number of hydrogen-bond donors (Lipinski definition) is 1. The molecule has 2 rings (SSSR count). The highest BCUT2D eigenvalue weighted by atomic mass is 127. The first-order valence-corrected chi connectivity index (χ1v) is 7.74. The third kappa shape index (κ3) is 5.36. The fourth-order valence-corrected chi connectivity index (χ4v) is 2.70. The number of carbonyl (C=O) groups excluding carboxylic acids is 1. The molecule has 8 heteroatoms. The predicted molar refractivity (Wildman–Crippen MR) is 99.8 cm³/mol. The van der Waals surface area contributed by atoms with Gasteiger partial charge in [-0.25, -0.2) is 0 Å². The molecule has 0 saturated carbocycles. The molecule has 1 aliphatic rings. The smallest absolute Gasteiger partial charge is 0.310 e. The van der Waals surface area contributed by atoms with Crippen LogP contribution in [-0.4, -0.2) is 53.4 Å². The van der Waals surface area contributed by atoms with Crippen LogP contribution in [0.15, 0.2) is 17.3 Å². The van der Waals surface area contributed by atoms with Gasteiger partial charge in [-0.1, -0.05) is 0 Å². The minimum absolute atomic E-state index is 0. The molecule has 1 aromatic rings. The van der Waals surface area contributed by atoms with E-state index in [9.17, 15) is 4.79 Å². The van der Waals surface area contributed by atoms with Gasteiger partial charge in [-0.3, -0.25) is 14.5 Å². The van der Waals surface area contributed by atoms with Crippen LogP contribution in [0, 0.1) is 5.92 Å². The van der Waals surface area contributed by atoms with Crippen molar-refractivity contribution in [3.63, 3.8) is 0 Å². The molecule has 0 aliphatic carbocycles. The van der Waals surface area contributed by atoms with Gasteiger partial charge in [-0.05, 0) is 25.8 Å². The van der Waals surface area contributed by atoms with Crippen molar-refractivity contribution >= 4 is 35.9 Å². The second kappa shape index (κ2) is 9.74. The number of esters is 1. The number of halogens is 1. The number of ether oxygens (including phenoxy) is 1. The summed E-state index contributed by atoms with van der Waals surface area (Å²) in [6.07, 6.45) is 3.63. The van der Waals surface area contributed by atoms with Gasteiger partial charge in [0, 0.05) is 33.4 Å². The molecule has 130 valence electrons. The molecule has 2 heterocycles. The number of aliphatic imine (C=N–C) groups is 1. The Kier molecular flexibility index (Phi) is 8.35. The largest absolute Gasteiger partial charge is 0.466 e. The van der Waals surface area contributed by atoms with Gasteiger partial charge >= 0.3 is 5.97 Å². The minimum atomic E-state index is -0.103. The van der Waals surface area contributed by atoms with Crippen molar-refractivity contribution in [1.82, 2.24) is 20.0 Å². The van der Waals surface area contributed by atoms with Crippen LogP contribution in [0.3, 0.4) is 0 Å². The Morgan fingerprint density at radius 3 is 2.96 bits per heavy atom. The summed E-state index contributed by atoms with van der Waals surface area (Å²) in [6, 6.07) is 1.97. The van der Waals surface area contributed by atoms with Gasteiger partial charge < -0.3 is 15.0 Å². The average Bonchev–Trinajstić information content (AvgIpc) is 2.94. The third-order valence-corrected chi connectivity index (χ3v) is 3.90. The summed E-state index contributed by atoms with van der Waals surface area (Å²) in [5.74, 6) is 0.647. The molecule has 0 radical (unpaired) electrons. The van der Waals surface area contributed by atoms with E-state index >= 15 is 0 Å². The fourth-order valence-electron chi connectivity index (χ4n) is 2.70. The van der Waals surface area contributed by atoms with Crippen LogP contribution in [-0.2, 0) is 23.1 Å². The number of likely N-dealkylation sites (tertiary alicyclic amines) is 1. The van der Waals surface area contributed by atoms with E-state index in [1.807, 2.05) is 24.7 Å². The second-order valence-electron chi connectivity index (χ2n) is 5.38. The van der Waals surface area contributed by atoms with E-state index < -0.39 is 0 Å². The average molecular weight is 435 g/mol. The molecular weight excluding hydrogens is 409 g/mol. The first-order valence-electron chi connectivity index (χ1n) is 7.74. The number of nitrogens with zero attached hydrogens (tertiary/aromatic N) is 4. The van der Waals surface area contributed by atoms with Gasteiger partial charge in [0.1, 0.15) is 0 Å². The lowest BCUT2D eigenvalue weighted by molar-refractivity contribution is -0.149. The van der Waals surface area contributed by atoms with Crippen molar-refractivity contribution in [2.75, 3.05) is 26.7 Å². The number of carbonyl (C=O) groups is 1. The van der Waals surface area contributed by atoms with Crippen LogP contribution >= 0.6 is 24.0 Å². The summed E-state index contributed by atoms with van der Waals surface area (Å²) in [7, 11) is 3.68. The summed E-state index contributed by atoms with van der Waals surface area (Å²) in [5.41, 5.74) is 1.08. The molecule has 1 unspecified atom stereocenters. The molecule has 1 atom stereocenters. The predicted octanol–water partition coefficient (Wildman–Crippen LogP) is 1.39. The van der Waals surface area contributed by atoms with Gasteiger partial charge in [-0.2, -0.15) is 5.10 Å². The van der Waals surface area contributed by atoms with Crippen LogP contribution < -0.4 is 5.32 Å². The number of aromatic nitrogens is 2. The zero-order chi connectivity index (χ0) is 15.9. The van der Waals surface area contributed by atoms with Crippen molar-refractivity contribution in [3.05, 3.63) is 18.0 Å².